The van der Waals surface area contributed by atoms with Gasteiger partial charge in [0.25, 0.3) is 0 Å². The van der Waals surface area contributed by atoms with Crippen molar-refractivity contribution in [3.8, 4) is 0 Å². The van der Waals surface area contributed by atoms with E-state index in [1.807, 2.05) is 19.1 Å². The lowest BCUT2D eigenvalue weighted by molar-refractivity contribution is 1.17. The van der Waals surface area contributed by atoms with Gasteiger partial charge in [-0.05, 0) is 48.6 Å². The van der Waals surface area contributed by atoms with Crippen LogP contribution in [0, 0.1) is 13.8 Å². The average Bonchev–Trinajstić information content (AvgIpc) is 2.63. The molecule has 0 aliphatic heterocycles. The maximum atomic E-state index is 5.94. The Bertz CT molecular complexity index is 488. The van der Waals surface area contributed by atoms with E-state index in [-0.39, 0.29) is 0 Å². The van der Waals surface area contributed by atoms with Crippen LogP contribution in [0.2, 0.25) is 0 Å². The Morgan fingerprint density at radius 3 is 2.69 bits per heavy atom. The molecule has 2 rings (SSSR count). The minimum Gasteiger partial charge on any atom is -0.397 e. The Labute approximate surface area is 100 Å². The van der Waals surface area contributed by atoms with Crippen LogP contribution in [0.1, 0.15) is 16.0 Å². The minimum atomic E-state index is 0.814. The number of nitrogens with one attached hydrogen (secondary N) is 1. The van der Waals surface area contributed by atoms with Crippen molar-refractivity contribution >= 4 is 22.7 Å². The molecule has 3 heteroatoms. The van der Waals surface area contributed by atoms with Crippen LogP contribution in [0.15, 0.2) is 29.6 Å². The smallest absolute Gasteiger partial charge is 0.0577 e. The lowest BCUT2D eigenvalue weighted by Gasteiger charge is -2.09. The summed E-state index contributed by atoms with van der Waals surface area (Å²) in [5.41, 5.74) is 10.3. The normalized spacial score (nSPS) is 10.4. The highest BCUT2D eigenvalue weighted by molar-refractivity contribution is 7.10. The van der Waals surface area contributed by atoms with E-state index in [1.54, 1.807) is 11.3 Å². The number of nitrogen functional groups attached to an aromatic ring is 1. The molecule has 0 unspecified atom stereocenters. The first-order valence-electron chi connectivity index (χ1n) is 5.30. The molecule has 16 heavy (non-hydrogen) atoms. The lowest BCUT2D eigenvalue weighted by Crippen LogP contribution is -2.02. The van der Waals surface area contributed by atoms with Crippen LogP contribution in [-0.2, 0) is 6.54 Å². The molecule has 1 aromatic heterocycles. The van der Waals surface area contributed by atoms with Gasteiger partial charge in [0.05, 0.1) is 11.4 Å². The number of rotatable bonds is 3. The molecule has 0 bridgehead atoms. The zero-order valence-corrected chi connectivity index (χ0v) is 10.4. The summed E-state index contributed by atoms with van der Waals surface area (Å²) < 4.78 is 0. The molecule has 1 heterocycles. The van der Waals surface area contributed by atoms with Crippen LogP contribution in [0.3, 0.4) is 0 Å². The molecule has 2 nitrogen and oxygen atoms in total. The third-order valence-corrected chi connectivity index (χ3v) is 3.64. The number of thiophene rings is 1. The third-order valence-electron chi connectivity index (χ3n) is 2.61. The van der Waals surface area contributed by atoms with Crippen molar-refractivity contribution in [2.24, 2.45) is 0 Å². The van der Waals surface area contributed by atoms with Gasteiger partial charge >= 0.3 is 0 Å². The highest BCUT2D eigenvalue weighted by Crippen LogP contribution is 2.22. The first-order valence-corrected chi connectivity index (χ1v) is 6.18. The van der Waals surface area contributed by atoms with Gasteiger partial charge in [-0.2, -0.15) is 0 Å². The second-order valence-electron chi connectivity index (χ2n) is 3.97. The maximum Gasteiger partial charge on any atom is 0.0577 e. The van der Waals surface area contributed by atoms with Crippen molar-refractivity contribution in [2.45, 2.75) is 20.4 Å². The molecule has 0 aliphatic rings. The molecule has 2 aromatic rings. The fourth-order valence-corrected chi connectivity index (χ4v) is 2.45. The topological polar surface area (TPSA) is 38.0 Å². The summed E-state index contributed by atoms with van der Waals surface area (Å²) in [6.45, 7) is 5.02. The van der Waals surface area contributed by atoms with Gasteiger partial charge in [-0.3, -0.25) is 0 Å². The van der Waals surface area contributed by atoms with E-state index < -0.39 is 0 Å². The number of anilines is 2. The SMILES string of the molecule is Cc1ccc(NCc2sccc2C)c(N)c1. The summed E-state index contributed by atoms with van der Waals surface area (Å²) in [7, 11) is 0. The molecule has 0 atom stereocenters. The van der Waals surface area contributed by atoms with Crippen molar-refractivity contribution < 1.29 is 0 Å². The Morgan fingerprint density at radius 1 is 1.25 bits per heavy atom. The highest BCUT2D eigenvalue weighted by Gasteiger charge is 2.02. The van der Waals surface area contributed by atoms with E-state index in [0.717, 1.165) is 17.9 Å². The summed E-state index contributed by atoms with van der Waals surface area (Å²) in [4.78, 5) is 1.36. The quantitative estimate of drug-likeness (QED) is 0.794. The van der Waals surface area contributed by atoms with Crippen molar-refractivity contribution in [3.05, 3.63) is 45.6 Å². The molecule has 0 amide bonds. The van der Waals surface area contributed by atoms with Gasteiger partial charge in [0.15, 0.2) is 0 Å². The van der Waals surface area contributed by atoms with Crippen molar-refractivity contribution in [1.29, 1.82) is 0 Å². The van der Waals surface area contributed by atoms with Crippen molar-refractivity contribution in [2.75, 3.05) is 11.1 Å². The summed E-state index contributed by atoms with van der Waals surface area (Å²) >= 11 is 1.77. The van der Waals surface area contributed by atoms with Gasteiger partial charge in [-0.15, -0.1) is 11.3 Å². The van der Waals surface area contributed by atoms with E-state index in [4.69, 9.17) is 5.73 Å². The van der Waals surface area contributed by atoms with E-state index in [0.29, 0.717) is 0 Å². The largest absolute Gasteiger partial charge is 0.397 e. The van der Waals surface area contributed by atoms with Crippen LogP contribution in [0.25, 0.3) is 0 Å². The predicted molar refractivity (Wildman–Crippen MR) is 72.0 cm³/mol. The molecule has 0 saturated heterocycles. The van der Waals surface area contributed by atoms with E-state index >= 15 is 0 Å². The van der Waals surface area contributed by atoms with E-state index in [2.05, 4.69) is 29.8 Å². The summed E-state index contributed by atoms with van der Waals surface area (Å²) in [5, 5.41) is 5.48. The predicted octanol–water partition coefficient (Wildman–Crippen LogP) is 3.56. The minimum absolute atomic E-state index is 0.814. The van der Waals surface area contributed by atoms with E-state index in [9.17, 15) is 0 Å². The number of hydrogen-bond acceptors (Lipinski definition) is 3. The van der Waals surface area contributed by atoms with Gasteiger partial charge < -0.3 is 11.1 Å². The van der Waals surface area contributed by atoms with Gasteiger partial charge in [-0.25, -0.2) is 0 Å². The zero-order chi connectivity index (χ0) is 11.5. The zero-order valence-electron chi connectivity index (χ0n) is 9.58. The fraction of sp³-hybridized carbons (Fsp3) is 0.231. The van der Waals surface area contributed by atoms with Crippen LogP contribution < -0.4 is 11.1 Å². The first-order chi connectivity index (χ1) is 7.66. The molecule has 0 saturated carbocycles. The molecule has 3 N–H and O–H groups in total. The van der Waals surface area contributed by atoms with Crippen molar-refractivity contribution in [1.82, 2.24) is 0 Å². The highest BCUT2D eigenvalue weighted by atomic mass is 32.1. The lowest BCUT2D eigenvalue weighted by atomic mass is 10.2. The second kappa shape index (κ2) is 4.58. The maximum absolute atomic E-state index is 5.94. The van der Waals surface area contributed by atoms with Crippen LogP contribution in [0.4, 0.5) is 11.4 Å². The van der Waals surface area contributed by atoms with E-state index in [1.165, 1.54) is 16.0 Å². The number of benzene rings is 1. The second-order valence-corrected chi connectivity index (χ2v) is 4.97. The molecule has 0 fully saturated rings. The van der Waals surface area contributed by atoms with Gasteiger partial charge in [0, 0.05) is 11.4 Å². The fourth-order valence-electron chi connectivity index (χ4n) is 1.60. The average molecular weight is 232 g/mol. The Hall–Kier alpha value is -1.48. The number of hydrogen-bond donors (Lipinski definition) is 2. The van der Waals surface area contributed by atoms with Crippen LogP contribution >= 0.6 is 11.3 Å². The van der Waals surface area contributed by atoms with Gasteiger partial charge in [-0.1, -0.05) is 6.07 Å². The van der Waals surface area contributed by atoms with Gasteiger partial charge in [0.1, 0.15) is 0 Å². The van der Waals surface area contributed by atoms with Gasteiger partial charge in [0.2, 0.25) is 0 Å². The Kier molecular flexibility index (Phi) is 3.15. The summed E-state index contributed by atoms with van der Waals surface area (Å²) in [5.74, 6) is 0. The molecular weight excluding hydrogens is 216 g/mol. The Morgan fingerprint density at radius 2 is 2.06 bits per heavy atom. The van der Waals surface area contributed by atoms with Crippen LogP contribution in [0.5, 0.6) is 0 Å². The molecule has 84 valence electrons. The van der Waals surface area contributed by atoms with Crippen molar-refractivity contribution in [3.63, 3.8) is 0 Å². The molecule has 0 aliphatic carbocycles. The first kappa shape index (κ1) is 11.0. The van der Waals surface area contributed by atoms with Crippen LogP contribution in [-0.4, -0.2) is 0 Å². The third kappa shape index (κ3) is 2.36. The summed E-state index contributed by atoms with van der Waals surface area (Å²) in [6, 6.07) is 8.23. The monoisotopic (exact) mass is 232 g/mol. The Balaban J connectivity index is 2.08. The standard InChI is InChI=1S/C13H16N2S/c1-9-3-4-12(11(14)7-9)15-8-13-10(2)5-6-16-13/h3-7,15H,8,14H2,1-2H3. The molecule has 1 aromatic carbocycles. The molecule has 0 radical (unpaired) electrons. The number of nitrogens with two attached hydrogens (primary N) is 1. The summed E-state index contributed by atoms with van der Waals surface area (Å²) in [6.07, 6.45) is 0. The molecular formula is C13H16N2S. The number of aryl methyl sites for hydroxylation is 2. The molecule has 0 spiro atoms.